The highest BCUT2D eigenvalue weighted by atomic mass is 79.9. The Balaban J connectivity index is 2.17. The van der Waals surface area contributed by atoms with Gasteiger partial charge in [-0.05, 0) is 58.9 Å². The second-order valence-electron chi connectivity index (χ2n) is 7.64. The van der Waals surface area contributed by atoms with E-state index in [1.54, 1.807) is 0 Å². The van der Waals surface area contributed by atoms with E-state index in [-0.39, 0.29) is 0 Å². The van der Waals surface area contributed by atoms with Crippen molar-refractivity contribution in [3.8, 4) is 0 Å². The van der Waals surface area contributed by atoms with Crippen molar-refractivity contribution in [3.63, 3.8) is 0 Å². The van der Waals surface area contributed by atoms with Crippen molar-refractivity contribution in [3.05, 3.63) is 21.1 Å². The molecule has 0 amide bonds. The average Bonchev–Trinajstić information content (AvgIpc) is 2.40. The van der Waals surface area contributed by atoms with E-state index in [9.17, 15) is 0 Å². The molecule has 21 heavy (non-hydrogen) atoms. The molecular formula is C17H26BrClN2. The fraction of sp³-hybridized carbons (Fsp3) is 0.765. The maximum atomic E-state index is 6.29. The lowest BCUT2D eigenvalue weighted by atomic mass is 9.69. The summed E-state index contributed by atoms with van der Waals surface area (Å²) in [6.07, 6.45) is 4.89. The summed E-state index contributed by atoms with van der Waals surface area (Å²) in [5, 5.41) is 0.557. The number of aromatic nitrogens is 2. The van der Waals surface area contributed by atoms with Gasteiger partial charge in [0.1, 0.15) is 11.0 Å². The topological polar surface area (TPSA) is 25.8 Å². The third-order valence-corrected chi connectivity index (χ3v) is 6.00. The molecule has 2 nitrogen and oxygen atoms in total. The molecule has 1 heterocycles. The molecule has 1 aliphatic carbocycles. The zero-order valence-corrected chi connectivity index (χ0v) is 16.1. The lowest BCUT2D eigenvalue weighted by Crippen LogP contribution is -2.26. The van der Waals surface area contributed by atoms with Crippen molar-refractivity contribution in [2.75, 3.05) is 0 Å². The van der Waals surface area contributed by atoms with Gasteiger partial charge in [0.15, 0.2) is 0 Å². The van der Waals surface area contributed by atoms with Gasteiger partial charge in [-0.25, -0.2) is 9.97 Å². The van der Waals surface area contributed by atoms with E-state index in [2.05, 4.69) is 55.5 Å². The molecular weight excluding hydrogens is 348 g/mol. The maximum Gasteiger partial charge on any atom is 0.147 e. The predicted octanol–water partition coefficient (Wildman–Crippen LogP) is 6.34. The number of hydrogen-bond donors (Lipinski definition) is 0. The molecule has 118 valence electrons. The van der Waals surface area contributed by atoms with Gasteiger partial charge >= 0.3 is 0 Å². The lowest BCUT2D eigenvalue weighted by Gasteiger charge is -2.36. The summed E-state index contributed by atoms with van der Waals surface area (Å²) < 4.78 is 0.853. The van der Waals surface area contributed by atoms with Crippen molar-refractivity contribution in [2.45, 2.75) is 72.1 Å². The zero-order chi connectivity index (χ0) is 15.8. The van der Waals surface area contributed by atoms with Gasteiger partial charge in [0.05, 0.1) is 10.2 Å². The summed E-state index contributed by atoms with van der Waals surface area (Å²) in [4.78, 5) is 9.34. The Morgan fingerprint density at radius 1 is 1.10 bits per heavy atom. The molecule has 0 radical (unpaired) electrons. The van der Waals surface area contributed by atoms with E-state index in [0.717, 1.165) is 21.9 Å². The molecule has 0 N–H and O–H groups in total. The Bertz CT molecular complexity index is 500. The van der Waals surface area contributed by atoms with E-state index in [1.165, 1.54) is 25.7 Å². The first kappa shape index (κ1) is 17.2. The Morgan fingerprint density at radius 3 is 2.14 bits per heavy atom. The SMILES string of the molecule is CC(C)c1nc(C2CCC(C(C)(C)C)CC2)nc(Cl)c1Br. The minimum absolute atomic E-state index is 0.351. The van der Waals surface area contributed by atoms with E-state index in [1.807, 2.05) is 0 Å². The Hall–Kier alpha value is -0.150. The molecule has 4 heteroatoms. The molecule has 1 fully saturated rings. The van der Waals surface area contributed by atoms with Crippen LogP contribution in [-0.4, -0.2) is 9.97 Å². The smallest absolute Gasteiger partial charge is 0.147 e. The first-order chi connectivity index (χ1) is 9.70. The van der Waals surface area contributed by atoms with E-state index in [0.29, 0.717) is 22.4 Å². The minimum Gasteiger partial charge on any atom is -0.236 e. The first-order valence-corrected chi connectivity index (χ1v) is 9.10. The van der Waals surface area contributed by atoms with Crippen LogP contribution in [-0.2, 0) is 0 Å². The standard InChI is InChI=1S/C17H26BrClN2/c1-10(2)14-13(18)15(19)21-16(20-14)11-6-8-12(9-7-11)17(3,4)5/h10-12H,6-9H2,1-5H3. The molecule has 0 aromatic carbocycles. The van der Waals surface area contributed by atoms with Gasteiger partial charge in [-0.15, -0.1) is 0 Å². The zero-order valence-electron chi connectivity index (χ0n) is 13.7. The molecule has 0 bridgehead atoms. The van der Waals surface area contributed by atoms with Crippen molar-refractivity contribution in [2.24, 2.45) is 11.3 Å². The fourth-order valence-corrected chi connectivity index (χ4v) is 4.05. The summed E-state index contributed by atoms with van der Waals surface area (Å²) in [5.41, 5.74) is 1.44. The molecule has 1 aromatic rings. The summed E-state index contributed by atoms with van der Waals surface area (Å²) in [6.45, 7) is 11.3. The summed E-state index contributed by atoms with van der Waals surface area (Å²) in [5.74, 6) is 2.57. The molecule has 0 spiro atoms. The van der Waals surface area contributed by atoms with Crippen LogP contribution in [0.3, 0.4) is 0 Å². The van der Waals surface area contributed by atoms with Crippen molar-refractivity contribution in [1.29, 1.82) is 0 Å². The predicted molar refractivity (Wildman–Crippen MR) is 93.0 cm³/mol. The van der Waals surface area contributed by atoms with Crippen LogP contribution < -0.4 is 0 Å². The van der Waals surface area contributed by atoms with Crippen molar-refractivity contribution in [1.82, 2.24) is 9.97 Å². The second kappa shape index (κ2) is 6.54. The quantitative estimate of drug-likeness (QED) is 0.565. The number of hydrogen-bond acceptors (Lipinski definition) is 2. The molecule has 1 aromatic heterocycles. The van der Waals surface area contributed by atoms with Crippen LogP contribution in [0.2, 0.25) is 5.15 Å². The summed E-state index contributed by atoms with van der Waals surface area (Å²) in [6, 6.07) is 0. The number of halogens is 2. The number of rotatable bonds is 2. The van der Waals surface area contributed by atoms with Gasteiger partial charge < -0.3 is 0 Å². The van der Waals surface area contributed by atoms with Gasteiger partial charge in [-0.2, -0.15) is 0 Å². The van der Waals surface area contributed by atoms with Crippen LogP contribution in [0.25, 0.3) is 0 Å². The third kappa shape index (κ3) is 3.98. The molecule has 0 atom stereocenters. The van der Waals surface area contributed by atoms with Crippen LogP contribution in [0.4, 0.5) is 0 Å². The third-order valence-electron chi connectivity index (χ3n) is 4.72. The highest BCUT2D eigenvalue weighted by Crippen LogP contribution is 2.43. The summed E-state index contributed by atoms with van der Waals surface area (Å²) in [7, 11) is 0. The van der Waals surface area contributed by atoms with Gasteiger partial charge in [0.2, 0.25) is 0 Å². The van der Waals surface area contributed by atoms with Gasteiger partial charge in [0, 0.05) is 5.92 Å². The van der Waals surface area contributed by atoms with Crippen molar-refractivity contribution < 1.29 is 0 Å². The Kier molecular flexibility index (Phi) is 5.36. The molecule has 0 unspecified atom stereocenters. The maximum absolute atomic E-state index is 6.29. The Morgan fingerprint density at radius 2 is 1.67 bits per heavy atom. The summed E-state index contributed by atoms with van der Waals surface area (Å²) >= 11 is 9.80. The Labute approximate surface area is 142 Å². The van der Waals surface area contributed by atoms with Crippen LogP contribution in [0.5, 0.6) is 0 Å². The van der Waals surface area contributed by atoms with E-state index < -0.39 is 0 Å². The largest absolute Gasteiger partial charge is 0.236 e. The van der Waals surface area contributed by atoms with E-state index >= 15 is 0 Å². The fourth-order valence-electron chi connectivity index (χ4n) is 3.24. The number of nitrogens with zero attached hydrogens (tertiary/aromatic N) is 2. The molecule has 0 aliphatic heterocycles. The monoisotopic (exact) mass is 372 g/mol. The highest BCUT2D eigenvalue weighted by molar-refractivity contribution is 9.10. The van der Waals surface area contributed by atoms with Crippen LogP contribution in [0.15, 0.2) is 4.47 Å². The first-order valence-electron chi connectivity index (χ1n) is 7.93. The normalized spacial score (nSPS) is 23.6. The molecule has 1 aliphatic rings. The molecule has 1 saturated carbocycles. The van der Waals surface area contributed by atoms with E-state index in [4.69, 9.17) is 16.6 Å². The second-order valence-corrected chi connectivity index (χ2v) is 8.79. The van der Waals surface area contributed by atoms with Gasteiger partial charge in [-0.1, -0.05) is 46.2 Å². The van der Waals surface area contributed by atoms with Gasteiger partial charge in [-0.3, -0.25) is 0 Å². The van der Waals surface area contributed by atoms with Crippen LogP contribution in [0.1, 0.15) is 83.7 Å². The van der Waals surface area contributed by atoms with Crippen molar-refractivity contribution >= 4 is 27.5 Å². The minimum atomic E-state index is 0.351. The van der Waals surface area contributed by atoms with Crippen LogP contribution in [0, 0.1) is 11.3 Å². The van der Waals surface area contributed by atoms with Gasteiger partial charge in [0.25, 0.3) is 0 Å². The molecule has 2 rings (SSSR count). The highest BCUT2D eigenvalue weighted by Gasteiger charge is 2.31. The average molecular weight is 374 g/mol. The lowest BCUT2D eigenvalue weighted by molar-refractivity contribution is 0.167. The molecule has 0 saturated heterocycles. The van der Waals surface area contributed by atoms with Crippen LogP contribution >= 0.6 is 27.5 Å².